The van der Waals surface area contributed by atoms with Crippen LogP contribution in [0.2, 0.25) is 0 Å². The number of methoxy groups -OCH3 is 1. The van der Waals surface area contributed by atoms with Crippen LogP contribution in [0.15, 0.2) is 0 Å². The van der Waals surface area contributed by atoms with Crippen LogP contribution in [0.25, 0.3) is 0 Å². The number of likely N-dealkylation sites (N-methyl/N-ethyl adjacent to an activating group) is 1. The van der Waals surface area contributed by atoms with E-state index in [1.54, 1.807) is 38.3 Å². The van der Waals surface area contributed by atoms with Crippen molar-refractivity contribution >= 4 is 65.5 Å². The van der Waals surface area contributed by atoms with Crippen LogP contribution in [0.4, 0.5) is 19.2 Å². The summed E-state index contributed by atoms with van der Waals surface area (Å²) in [6.45, 7) is 82.6. The molecule has 11 saturated heterocycles. The number of piperidine rings is 4. The van der Waals surface area contributed by atoms with Crippen molar-refractivity contribution in [3.05, 3.63) is 0 Å². The molecule has 0 aromatic carbocycles. The second-order valence-electron chi connectivity index (χ2n) is 46.3. The third-order valence-corrected chi connectivity index (χ3v) is 25.2. The van der Waals surface area contributed by atoms with Crippen molar-refractivity contribution in [2.24, 2.45) is 27.1 Å². The van der Waals surface area contributed by atoms with Gasteiger partial charge in [0.15, 0.2) is 0 Å². The maximum absolute atomic E-state index is 12.2. The number of ether oxygens (including phenoxy) is 1. The number of urea groups is 3. The lowest BCUT2D eigenvalue weighted by Gasteiger charge is -2.43. The Bertz CT molecular complexity index is 3450. The summed E-state index contributed by atoms with van der Waals surface area (Å²) in [6.07, 6.45) is 11.9. The molecule has 0 radical (unpaired) electrons. The lowest BCUT2D eigenvalue weighted by atomic mass is 9.91. The first-order chi connectivity index (χ1) is 60.6. The van der Waals surface area contributed by atoms with Crippen LogP contribution in [0.1, 0.15) is 244 Å². The first kappa shape index (κ1) is 116. The molecule has 0 spiro atoms. The SMILES string of the molecule is CC(=O)N1CCN(C(=O)C(C)(C)C)CC1.CC(=O)N1CCN(C(=O)NC(C)(C)C)CC1.CC(C)(C)C(=O)N1CCC(N2CCCCC2)CC1.CC(C)(C)C(=O)N1CCNCC1.CN1CCC(N2CCN(C(=O)C(C)(C)C)CC2)CC1.CN1CCC(N2CCN(C(=O)NC(C)(C)C)CC2)CC1.CN1CCN(C(=O)CC(C)(C)C)CC1.COC(=O)N1CCN(C(=O)NC(C)(C)C)CC1. The summed E-state index contributed by atoms with van der Waals surface area (Å²) in [4.78, 5) is 165. The monoisotopic (exact) mass is 1850 g/mol. The third kappa shape index (κ3) is 44.6. The Morgan fingerprint density at radius 1 is 0.275 bits per heavy atom. The minimum atomic E-state index is -0.333. The van der Waals surface area contributed by atoms with Crippen LogP contribution in [0.3, 0.4) is 0 Å². The summed E-state index contributed by atoms with van der Waals surface area (Å²) in [5, 5.41) is 12.1. The van der Waals surface area contributed by atoms with Gasteiger partial charge < -0.3 is 99.5 Å². The van der Waals surface area contributed by atoms with Crippen molar-refractivity contribution in [3.63, 3.8) is 0 Å². The number of nitrogens with one attached hydrogen (secondary N) is 4. The third-order valence-electron chi connectivity index (χ3n) is 25.2. The first-order valence-corrected chi connectivity index (χ1v) is 49.5. The molecule has 33 heteroatoms. The summed E-state index contributed by atoms with van der Waals surface area (Å²) in [5.41, 5.74) is -1.50. The lowest BCUT2D eigenvalue weighted by molar-refractivity contribution is -0.144. The molecule has 14 amide bonds. The van der Waals surface area contributed by atoms with Crippen LogP contribution in [-0.4, -0.2) is 447 Å². The lowest BCUT2D eigenvalue weighted by Crippen LogP contribution is -2.57. The van der Waals surface area contributed by atoms with Crippen LogP contribution in [0, 0.1) is 27.1 Å². The van der Waals surface area contributed by atoms with E-state index < -0.39 is 0 Å². The molecule has 11 fully saturated rings. The Labute approximate surface area is 793 Å². The molecule has 11 aliphatic heterocycles. The van der Waals surface area contributed by atoms with E-state index in [2.05, 4.69) is 102 Å². The molecule has 11 heterocycles. The number of rotatable bonds is 4. The van der Waals surface area contributed by atoms with Gasteiger partial charge in [0.25, 0.3) is 0 Å². The Morgan fingerprint density at radius 3 is 0.794 bits per heavy atom. The minimum absolute atomic E-state index is 0.0456. The predicted octanol–water partition coefficient (Wildman–Crippen LogP) is 8.91. The summed E-state index contributed by atoms with van der Waals surface area (Å²) >= 11 is 0. The number of hydrogen-bond donors (Lipinski definition) is 4. The zero-order chi connectivity index (χ0) is 99.0. The van der Waals surface area contributed by atoms with Crippen molar-refractivity contribution in [2.45, 2.75) is 279 Å². The minimum Gasteiger partial charge on any atom is -0.453 e. The van der Waals surface area contributed by atoms with E-state index in [-0.39, 0.29) is 91.5 Å². The van der Waals surface area contributed by atoms with E-state index in [9.17, 15) is 52.7 Å². The molecular weight excluding hydrogens is 1660 g/mol. The van der Waals surface area contributed by atoms with E-state index in [1.165, 1.54) is 104 Å². The molecule has 0 atom stereocenters. The van der Waals surface area contributed by atoms with Gasteiger partial charge >= 0.3 is 24.2 Å². The average Bonchev–Trinajstić information content (AvgIpc) is 0.834. The van der Waals surface area contributed by atoms with E-state index in [1.807, 2.05) is 170 Å². The summed E-state index contributed by atoms with van der Waals surface area (Å²) in [7, 11) is 7.87. The Morgan fingerprint density at radius 2 is 0.511 bits per heavy atom. The highest BCUT2D eigenvalue weighted by Crippen LogP contribution is 2.28. The van der Waals surface area contributed by atoms with Gasteiger partial charge in [0.05, 0.1) is 7.11 Å². The quantitative estimate of drug-likeness (QED) is 0.204. The van der Waals surface area contributed by atoms with Gasteiger partial charge in [0.1, 0.15) is 0 Å². The smallest absolute Gasteiger partial charge is 0.409 e. The molecule has 0 bridgehead atoms. The largest absolute Gasteiger partial charge is 0.453 e. The second kappa shape index (κ2) is 53.6. The molecule has 33 nitrogen and oxygen atoms in total. The fourth-order valence-corrected chi connectivity index (χ4v) is 17.3. The summed E-state index contributed by atoms with van der Waals surface area (Å²) in [5.74, 6) is 1.55. The van der Waals surface area contributed by atoms with E-state index in [4.69, 9.17) is 0 Å². The van der Waals surface area contributed by atoms with Gasteiger partial charge in [0, 0.05) is 273 Å². The van der Waals surface area contributed by atoms with Gasteiger partial charge in [0.2, 0.25) is 41.4 Å². The number of piperazine rings is 7. The van der Waals surface area contributed by atoms with Gasteiger partial charge in [-0.1, -0.05) is 110 Å². The van der Waals surface area contributed by atoms with Crippen LogP contribution < -0.4 is 21.3 Å². The number of carbonyl (C=O) groups excluding carboxylic acids is 11. The fraction of sp³-hybridized carbons (Fsp3) is 0.888. The van der Waals surface area contributed by atoms with Gasteiger partial charge in [-0.15, -0.1) is 0 Å². The molecule has 4 N–H and O–H groups in total. The Kier molecular flexibility index (Phi) is 47.6. The van der Waals surface area contributed by atoms with Gasteiger partial charge in [-0.05, 0) is 180 Å². The number of amides is 14. The maximum atomic E-state index is 12.2. The molecule has 758 valence electrons. The fourth-order valence-electron chi connectivity index (χ4n) is 17.3. The predicted molar refractivity (Wildman–Crippen MR) is 526 cm³/mol. The van der Waals surface area contributed by atoms with Crippen molar-refractivity contribution in [2.75, 3.05) is 264 Å². The van der Waals surface area contributed by atoms with Crippen molar-refractivity contribution in [3.8, 4) is 0 Å². The number of nitrogens with zero attached hydrogens (tertiary/aromatic N) is 17. The standard InChI is InChI=1S/C15H30N4O.C15H29N3O.C15H28N2O.C11H21N3O3.C11H21N3O2.C11H20N2O2.C11H22N2O.C9H18N2O/c1-15(2,3)16-14(20)19-11-9-18(10-12-19)13-5-7-17(4)8-6-13;1-15(2,3)14(19)18-11-9-17(10-12-18)13-5-7-16(4)8-6-13;1-15(2,3)14(18)17-11-7-13(8-12-17)16-9-5-4-6-10-16;1-11(2,3)12-9(15)13-5-7-14(8-6-13)10(16)17-4;1-9(15)13-5-7-14(8-6-13)10(16)12-11(2,3)4;1-9(14)12-5-7-13(8-6-12)10(15)11(2,3)4;1-11(2,3)9-10(14)13-7-5-12(4)6-8-13;1-9(2,3)8(12)11-6-4-10-5-7-11/h13H,5-12H2,1-4H3,(H,16,20);13H,5-12H2,1-4H3;13H,4-12H2,1-3H3;5-8H2,1-4H3,(H,12,15);5-8H2,1-4H3,(H,12,16);5-8H2,1-4H3;5-9H2,1-4H3;10H,4-7H2,1-3H3. The van der Waals surface area contributed by atoms with Crippen molar-refractivity contribution in [1.29, 1.82) is 0 Å². The molecule has 11 aliphatic rings. The van der Waals surface area contributed by atoms with E-state index in [0.717, 1.165) is 136 Å². The summed E-state index contributed by atoms with van der Waals surface area (Å²) in [6, 6.07) is 2.15. The second-order valence-corrected chi connectivity index (χ2v) is 46.3. The molecular formula is C98H189N21O12. The van der Waals surface area contributed by atoms with Crippen molar-refractivity contribution < 1.29 is 57.5 Å². The zero-order valence-corrected chi connectivity index (χ0v) is 88.3. The van der Waals surface area contributed by atoms with E-state index >= 15 is 0 Å². The molecule has 0 aromatic rings. The van der Waals surface area contributed by atoms with Crippen LogP contribution >= 0.6 is 0 Å². The first-order valence-electron chi connectivity index (χ1n) is 49.5. The molecule has 131 heavy (non-hydrogen) atoms. The van der Waals surface area contributed by atoms with Gasteiger partial charge in [-0.3, -0.25) is 43.4 Å². The average molecular weight is 1850 g/mol. The van der Waals surface area contributed by atoms with Gasteiger partial charge in [-0.25, -0.2) is 19.2 Å². The zero-order valence-electron chi connectivity index (χ0n) is 88.3. The Hall–Kier alpha value is -6.91. The number of hydrogen-bond acceptors (Lipinski definition) is 19. The van der Waals surface area contributed by atoms with E-state index in [0.29, 0.717) is 103 Å². The molecule has 0 unspecified atom stereocenters. The topological polar surface area (TPSA) is 300 Å². The van der Waals surface area contributed by atoms with Crippen LogP contribution in [0.5, 0.6) is 0 Å². The summed E-state index contributed by atoms with van der Waals surface area (Å²) < 4.78 is 4.63. The highest BCUT2D eigenvalue weighted by molar-refractivity contribution is 5.84. The molecule has 11 rings (SSSR count). The maximum Gasteiger partial charge on any atom is 0.409 e. The number of likely N-dealkylation sites (tertiary alicyclic amines) is 4. The highest BCUT2D eigenvalue weighted by Gasteiger charge is 2.38. The highest BCUT2D eigenvalue weighted by atomic mass is 16.5. The van der Waals surface area contributed by atoms with Gasteiger partial charge in [-0.2, -0.15) is 0 Å². The Balaban J connectivity index is 0.000000315. The normalized spacial score (nSPS) is 20.8. The van der Waals surface area contributed by atoms with Crippen molar-refractivity contribution in [1.82, 2.24) is 105 Å². The molecule has 0 aliphatic carbocycles. The molecule has 0 saturated carbocycles. The molecule has 0 aromatic heterocycles. The van der Waals surface area contributed by atoms with Crippen LogP contribution in [-0.2, 0) is 38.3 Å². The number of carbonyl (C=O) groups is 11.